The van der Waals surface area contributed by atoms with Gasteiger partial charge in [0.05, 0.1) is 4.91 Å². The van der Waals surface area contributed by atoms with E-state index in [0.717, 1.165) is 11.1 Å². The molecule has 1 fully saturated rings. The predicted molar refractivity (Wildman–Crippen MR) is 90.2 cm³/mol. The van der Waals surface area contributed by atoms with Gasteiger partial charge in [-0.2, -0.15) is 0 Å². The number of halogens is 1. The molecule has 1 saturated heterocycles. The molecule has 106 valence electrons. The summed E-state index contributed by atoms with van der Waals surface area (Å²) in [7, 11) is 0. The van der Waals surface area contributed by atoms with Crippen molar-refractivity contribution in [1.29, 1.82) is 0 Å². The Bertz CT molecular complexity index is 780. The van der Waals surface area contributed by atoms with Crippen molar-refractivity contribution in [1.82, 2.24) is 5.32 Å². The van der Waals surface area contributed by atoms with Gasteiger partial charge in [0, 0.05) is 16.7 Å². The van der Waals surface area contributed by atoms with Gasteiger partial charge in [0.1, 0.15) is 15.8 Å². The highest BCUT2D eigenvalue weighted by molar-refractivity contribution is 8.26. The Morgan fingerprint density at radius 2 is 2.14 bits per heavy atom. The first-order valence-electron chi connectivity index (χ1n) is 6.14. The number of carbonyl (C=O) groups excluding carboxylic acids is 1. The minimum Gasteiger partial charge on any atom is -0.457 e. The number of furan rings is 1. The number of aryl methyl sites for hydroxylation is 1. The largest absolute Gasteiger partial charge is 0.457 e. The van der Waals surface area contributed by atoms with E-state index < -0.39 is 0 Å². The summed E-state index contributed by atoms with van der Waals surface area (Å²) >= 11 is 12.3. The number of thioether (sulfide) groups is 1. The molecule has 1 aromatic heterocycles. The number of benzene rings is 1. The topological polar surface area (TPSA) is 42.2 Å². The molecule has 2 aromatic rings. The fraction of sp³-hybridized carbons (Fsp3) is 0.0667. The van der Waals surface area contributed by atoms with Gasteiger partial charge in [0.25, 0.3) is 5.91 Å². The monoisotopic (exact) mass is 335 g/mol. The van der Waals surface area contributed by atoms with Gasteiger partial charge in [-0.3, -0.25) is 4.79 Å². The molecule has 0 saturated carbocycles. The Morgan fingerprint density at radius 3 is 2.81 bits per heavy atom. The summed E-state index contributed by atoms with van der Waals surface area (Å²) in [5, 5.41) is 3.26. The van der Waals surface area contributed by atoms with Gasteiger partial charge in [-0.1, -0.05) is 47.7 Å². The molecule has 21 heavy (non-hydrogen) atoms. The van der Waals surface area contributed by atoms with E-state index in [1.807, 2.05) is 37.3 Å². The van der Waals surface area contributed by atoms with Gasteiger partial charge >= 0.3 is 0 Å². The van der Waals surface area contributed by atoms with E-state index in [-0.39, 0.29) is 5.91 Å². The average Bonchev–Trinajstić information content (AvgIpc) is 3.01. The van der Waals surface area contributed by atoms with Crippen LogP contribution in [0.15, 0.2) is 39.7 Å². The number of amides is 1. The quantitative estimate of drug-likeness (QED) is 0.652. The molecule has 1 aliphatic rings. The van der Waals surface area contributed by atoms with E-state index >= 15 is 0 Å². The molecule has 0 unspecified atom stereocenters. The molecule has 2 heterocycles. The minimum absolute atomic E-state index is 0.193. The second-order valence-electron chi connectivity index (χ2n) is 4.52. The van der Waals surface area contributed by atoms with Crippen molar-refractivity contribution in [2.45, 2.75) is 6.92 Å². The zero-order valence-corrected chi connectivity index (χ0v) is 13.4. The van der Waals surface area contributed by atoms with E-state index in [4.69, 9.17) is 28.2 Å². The molecule has 0 radical (unpaired) electrons. The van der Waals surface area contributed by atoms with Crippen LogP contribution in [-0.4, -0.2) is 10.2 Å². The summed E-state index contributed by atoms with van der Waals surface area (Å²) in [6, 6.07) is 9.41. The molecule has 0 bridgehead atoms. The maximum absolute atomic E-state index is 11.6. The van der Waals surface area contributed by atoms with Crippen molar-refractivity contribution in [2.24, 2.45) is 0 Å². The number of hydrogen-bond acceptors (Lipinski definition) is 4. The van der Waals surface area contributed by atoms with E-state index in [2.05, 4.69) is 5.32 Å². The van der Waals surface area contributed by atoms with Crippen molar-refractivity contribution >= 4 is 51.9 Å². The van der Waals surface area contributed by atoms with Crippen LogP contribution in [0.2, 0.25) is 5.02 Å². The second-order valence-corrected chi connectivity index (χ2v) is 6.64. The molecule has 6 heteroatoms. The highest BCUT2D eigenvalue weighted by Gasteiger charge is 2.22. The molecule has 1 N–H and O–H groups in total. The molecule has 3 nitrogen and oxygen atoms in total. The number of nitrogens with one attached hydrogen (secondary N) is 1. The standard InChI is InChI=1S/C15H10ClNO2S2/c1-8-2-3-9(6-11(8)16)12-5-4-10(19-12)7-13-14(18)17-15(20)21-13/h2-7H,1H3,(H,17,18,20)/b13-7-. The lowest BCUT2D eigenvalue weighted by molar-refractivity contribution is -0.115. The van der Waals surface area contributed by atoms with Crippen LogP contribution < -0.4 is 5.32 Å². The Morgan fingerprint density at radius 1 is 1.33 bits per heavy atom. The van der Waals surface area contributed by atoms with Gasteiger partial charge in [-0.15, -0.1) is 0 Å². The molecule has 0 atom stereocenters. The normalized spacial score (nSPS) is 16.6. The summed E-state index contributed by atoms with van der Waals surface area (Å²) in [5.74, 6) is 1.11. The molecule has 1 aliphatic heterocycles. The molecule has 1 amide bonds. The second kappa shape index (κ2) is 5.67. The number of carbonyl (C=O) groups is 1. The van der Waals surface area contributed by atoms with Crippen LogP contribution in [0.25, 0.3) is 17.4 Å². The van der Waals surface area contributed by atoms with E-state index in [9.17, 15) is 4.79 Å². The van der Waals surface area contributed by atoms with Crippen LogP contribution in [0.5, 0.6) is 0 Å². The Balaban J connectivity index is 1.90. The van der Waals surface area contributed by atoms with E-state index in [0.29, 0.717) is 25.8 Å². The first kappa shape index (κ1) is 14.4. The molecule has 3 rings (SSSR count). The van der Waals surface area contributed by atoms with Crippen LogP contribution in [0.1, 0.15) is 11.3 Å². The average molecular weight is 336 g/mol. The summed E-state index contributed by atoms with van der Waals surface area (Å²) in [6.07, 6.45) is 1.68. The van der Waals surface area contributed by atoms with Gasteiger partial charge in [-0.05, 0) is 30.7 Å². The Labute approximate surface area is 136 Å². The van der Waals surface area contributed by atoms with Crippen molar-refractivity contribution in [2.75, 3.05) is 0 Å². The number of hydrogen-bond donors (Lipinski definition) is 1. The molecular formula is C15H10ClNO2S2. The zero-order chi connectivity index (χ0) is 15.0. The molecular weight excluding hydrogens is 326 g/mol. The summed E-state index contributed by atoms with van der Waals surface area (Å²) in [6.45, 7) is 1.95. The third-order valence-electron chi connectivity index (χ3n) is 3.00. The van der Waals surface area contributed by atoms with Gasteiger partial charge < -0.3 is 9.73 Å². The first-order valence-corrected chi connectivity index (χ1v) is 7.74. The first-order chi connectivity index (χ1) is 10.0. The maximum atomic E-state index is 11.6. The Hall–Kier alpha value is -1.56. The lowest BCUT2D eigenvalue weighted by Crippen LogP contribution is -2.17. The van der Waals surface area contributed by atoms with Crippen LogP contribution in [0, 0.1) is 6.92 Å². The number of thiocarbonyl (C=S) groups is 1. The van der Waals surface area contributed by atoms with Crippen molar-refractivity contribution < 1.29 is 9.21 Å². The summed E-state index contributed by atoms with van der Waals surface area (Å²) < 4.78 is 6.20. The molecule has 0 aliphatic carbocycles. The third kappa shape index (κ3) is 3.05. The van der Waals surface area contributed by atoms with Crippen LogP contribution in [0.4, 0.5) is 0 Å². The van der Waals surface area contributed by atoms with Crippen LogP contribution in [0.3, 0.4) is 0 Å². The van der Waals surface area contributed by atoms with E-state index in [1.165, 1.54) is 11.8 Å². The number of rotatable bonds is 2. The lowest BCUT2D eigenvalue weighted by Gasteiger charge is -2.00. The molecule has 1 aromatic carbocycles. The summed E-state index contributed by atoms with van der Waals surface area (Å²) in [4.78, 5) is 12.1. The SMILES string of the molecule is Cc1ccc(-c2ccc(/C=C3\SC(=S)NC3=O)o2)cc1Cl. The predicted octanol–water partition coefficient (Wildman–Crippen LogP) is 4.40. The van der Waals surface area contributed by atoms with Crippen molar-refractivity contribution in [3.63, 3.8) is 0 Å². The van der Waals surface area contributed by atoms with Crippen molar-refractivity contribution in [3.8, 4) is 11.3 Å². The highest BCUT2D eigenvalue weighted by Crippen LogP contribution is 2.30. The fourth-order valence-corrected chi connectivity index (χ4v) is 3.09. The van der Waals surface area contributed by atoms with Crippen LogP contribution >= 0.6 is 35.6 Å². The Kier molecular flexibility index (Phi) is 3.89. The van der Waals surface area contributed by atoms with E-state index in [1.54, 1.807) is 6.08 Å². The lowest BCUT2D eigenvalue weighted by atomic mass is 10.1. The third-order valence-corrected chi connectivity index (χ3v) is 4.57. The van der Waals surface area contributed by atoms with Gasteiger partial charge in [-0.25, -0.2) is 0 Å². The van der Waals surface area contributed by atoms with Crippen molar-refractivity contribution in [3.05, 3.63) is 51.6 Å². The smallest absolute Gasteiger partial charge is 0.263 e. The zero-order valence-electron chi connectivity index (χ0n) is 11.0. The highest BCUT2D eigenvalue weighted by atomic mass is 35.5. The molecule has 0 spiro atoms. The summed E-state index contributed by atoms with van der Waals surface area (Å²) in [5.41, 5.74) is 1.91. The van der Waals surface area contributed by atoms with Gasteiger partial charge in [0.15, 0.2) is 0 Å². The fourth-order valence-electron chi connectivity index (χ4n) is 1.88. The maximum Gasteiger partial charge on any atom is 0.263 e. The van der Waals surface area contributed by atoms with Crippen LogP contribution in [-0.2, 0) is 4.79 Å². The van der Waals surface area contributed by atoms with Gasteiger partial charge in [0.2, 0.25) is 0 Å². The minimum atomic E-state index is -0.193.